The zero-order valence-electron chi connectivity index (χ0n) is 13.0. The highest BCUT2D eigenvalue weighted by Gasteiger charge is 2.71. The number of imide groups is 3. The van der Waals surface area contributed by atoms with Crippen molar-refractivity contribution in [1.82, 2.24) is 4.90 Å². The van der Waals surface area contributed by atoms with Gasteiger partial charge in [-0.1, -0.05) is 28.9 Å². The smallest absolute Gasteiger partial charge is 0.328 e. The Bertz CT molecular complexity index is 852. The molecule has 3 fully saturated rings. The van der Waals surface area contributed by atoms with Crippen LogP contribution in [0.25, 0.3) is 0 Å². The Hall–Kier alpha value is -2.41. The third-order valence-electron chi connectivity index (χ3n) is 6.05. The molecule has 2 bridgehead atoms. The number of benzene rings is 1. The van der Waals surface area contributed by atoms with Gasteiger partial charge in [0.05, 0.1) is 17.5 Å². The number of rotatable bonds is 1. The third kappa shape index (κ3) is 1.76. The lowest BCUT2D eigenvalue weighted by molar-refractivity contribution is -0.137. The molecule has 0 aromatic heterocycles. The maximum Gasteiger partial charge on any atom is 0.328 e. The Kier molecular flexibility index (Phi) is 2.87. The summed E-state index contributed by atoms with van der Waals surface area (Å²) in [6.45, 7) is 0. The second-order valence-corrected chi connectivity index (χ2v) is 7.48. The summed E-state index contributed by atoms with van der Waals surface area (Å²) in [6.07, 6.45) is 0.489. The van der Waals surface area contributed by atoms with Gasteiger partial charge >= 0.3 is 6.03 Å². The summed E-state index contributed by atoms with van der Waals surface area (Å²) in [5, 5.41) is 4.86. The number of halogens is 1. The van der Waals surface area contributed by atoms with Gasteiger partial charge < -0.3 is 10.6 Å². The lowest BCUT2D eigenvalue weighted by atomic mass is 9.71. The van der Waals surface area contributed by atoms with E-state index in [0.29, 0.717) is 9.92 Å². The molecule has 25 heavy (non-hydrogen) atoms. The van der Waals surface area contributed by atoms with Crippen LogP contribution in [0.4, 0.5) is 4.79 Å². The molecular formula is C17H14ClN3O4. The maximum absolute atomic E-state index is 12.6. The normalized spacial score (nSPS) is 37.8. The molecule has 1 aromatic carbocycles. The number of nitrogens with two attached hydrogens (primary N) is 1. The Morgan fingerprint density at radius 3 is 2.40 bits per heavy atom. The van der Waals surface area contributed by atoms with E-state index >= 15 is 0 Å². The van der Waals surface area contributed by atoms with Crippen LogP contribution in [0.1, 0.15) is 12.0 Å². The number of fused-ring (bicyclic) bond motifs is 8. The quantitative estimate of drug-likeness (QED) is 0.765. The summed E-state index contributed by atoms with van der Waals surface area (Å²) in [5.41, 5.74) is 6.90. The highest BCUT2D eigenvalue weighted by molar-refractivity contribution is 6.30. The molecular weight excluding hydrogens is 346 g/mol. The highest BCUT2D eigenvalue weighted by atomic mass is 35.5. The van der Waals surface area contributed by atoms with Crippen LogP contribution in [0.5, 0.6) is 0 Å². The molecule has 5 rings (SSSR count). The van der Waals surface area contributed by atoms with Crippen LogP contribution in [0.15, 0.2) is 29.4 Å². The van der Waals surface area contributed by atoms with Crippen LogP contribution in [0.3, 0.4) is 0 Å². The molecule has 2 heterocycles. The van der Waals surface area contributed by atoms with E-state index in [1.807, 2.05) is 12.1 Å². The van der Waals surface area contributed by atoms with E-state index in [9.17, 15) is 14.4 Å². The van der Waals surface area contributed by atoms with E-state index < -0.39 is 29.7 Å². The largest absolute Gasteiger partial charge is 0.391 e. The Morgan fingerprint density at radius 1 is 1.12 bits per heavy atom. The maximum atomic E-state index is 12.6. The van der Waals surface area contributed by atoms with Gasteiger partial charge in [-0.15, -0.1) is 0 Å². The predicted octanol–water partition coefficient (Wildman–Crippen LogP) is 1.39. The first kappa shape index (κ1) is 14.9. The lowest BCUT2D eigenvalue weighted by Crippen LogP contribution is -2.42. The second-order valence-electron chi connectivity index (χ2n) is 7.04. The average Bonchev–Trinajstić information content (AvgIpc) is 3.28. The number of amides is 4. The molecule has 0 radical (unpaired) electrons. The fourth-order valence-corrected chi connectivity index (χ4v) is 5.33. The molecule has 2 N–H and O–H groups in total. The first-order valence-corrected chi connectivity index (χ1v) is 8.53. The first-order chi connectivity index (χ1) is 12.0. The van der Waals surface area contributed by atoms with Crippen molar-refractivity contribution in [2.24, 2.45) is 40.5 Å². The zero-order valence-corrected chi connectivity index (χ0v) is 13.7. The monoisotopic (exact) mass is 359 g/mol. The fraction of sp³-hybridized carbons (Fsp3) is 0.412. The third-order valence-corrected chi connectivity index (χ3v) is 6.30. The Balaban J connectivity index is 1.51. The van der Waals surface area contributed by atoms with Gasteiger partial charge in [0.1, 0.15) is 6.10 Å². The Labute approximate surface area is 147 Å². The predicted molar refractivity (Wildman–Crippen MR) is 86.4 cm³/mol. The number of hydrogen-bond donors (Lipinski definition) is 1. The number of oxime groups is 1. The standard InChI is InChI=1S/C17H14ClN3O4/c18-7-3-1-6(2-4-7)13-12-8-5-9(14(12)25-20-13)11-10(8)15(22)21(16(11)23)17(19)24/h1-4,8-12,14H,5H2,(H2,19,24). The first-order valence-electron chi connectivity index (χ1n) is 8.16. The van der Waals surface area contributed by atoms with Crippen molar-refractivity contribution in [3.63, 3.8) is 0 Å². The zero-order chi connectivity index (χ0) is 17.5. The number of urea groups is 1. The molecule has 0 spiro atoms. The fourth-order valence-electron chi connectivity index (χ4n) is 5.20. The summed E-state index contributed by atoms with van der Waals surface area (Å²) in [4.78, 5) is 42.9. The molecule has 2 saturated carbocycles. The van der Waals surface area contributed by atoms with Crippen LogP contribution in [-0.4, -0.2) is 34.6 Å². The molecule has 8 heteroatoms. The van der Waals surface area contributed by atoms with E-state index in [1.54, 1.807) is 12.1 Å². The van der Waals surface area contributed by atoms with Gasteiger partial charge in [-0.2, -0.15) is 4.90 Å². The molecule has 1 saturated heterocycles. The minimum Gasteiger partial charge on any atom is -0.391 e. The van der Waals surface area contributed by atoms with Gasteiger partial charge in [0.15, 0.2) is 0 Å². The van der Waals surface area contributed by atoms with Crippen LogP contribution in [-0.2, 0) is 14.4 Å². The topological polar surface area (TPSA) is 102 Å². The second kappa shape index (κ2) is 4.82. The van der Waals surface area contributed by atoms with E-state index in [-0.39, 0.29) is 23.9 Å². The van der Waals surface area contributed by atoms with Gasteiger partial charge in [-0.25, -0.2) is 4.79 Å². The van der Waals surface area contributed by atoms with E-state index in [4.69, 9.17) is 22.2 Å². The molecule has 4 amide bonds. The minimum absolute atomic E-state index is 0.0583. The SMILES string of the molecule is NC(=O)N1C(=O)C2C3CC(C4C(c5ccc(Cl)cc5)=NOC34)C2C1=O. The molecule has 128 valence electrons. The molecule has 4 aliphatic rings. The number of likely N-dealkylation sites (tertiary alicyclic amines) is 1. The summed E-state index contributed by atoms with van der Waals surface area (Å²) < 4.78 is 0. The molecule has 2 aliphatic carbocycles. The van der Waals surface area contributed by atoms with E-state index in [0.717, 1.165) is 17.7 Å². The van der Waals surface area contributed by atoms with Crippen LogP contribution < -0.4 is 5.73 Å². The van der Waals surface area contributed by atoms with Gasteiger partial charge in [-0.3, -0.25) is 9.59 Å². The van der Waals surface area contributed by atoms with Crippen molar-refractivity contribution < 1.29 is 19.2 Å². The molecule has 1 aromatic rings. The van der Waals surface area contributed by atoms with Gasteiger partial charge in [0.25, 0.3) is 0 Å². The van der Waals surface area contributed by atoms with Crippen molar-refractivity contribution in [1.29, 1.82) is 0 Å². The number of hydrogen-bond acceptors (Lipinski definition) is 5. The molecule has 7 nitrogen and oxygen atoms in total. The number of carbonyl (C=O) groups excluding carboxylic acids is 3. The van der Waals surface area contributed by atoms with Gasteiger partial charge in [-0.05, 0) is 30.0 Å². The lowest BCUT2D eigenvalue weighted by Gasteiger charge is -2.29. The van der Waals surface area contributed by atoms with Gasteiger partial charge in [0, 0.05) is 16.9 Å². The van der Waals surface area contributed by atoms with Crippen molar-refractivity contribution in [2.45, 2.75) is 12.5 Å². The van der Waals surface area contributed by atoms with E-state index in [1.165, 1.54) is 0 Å². The van der Waals surface area contributed by atoms with E-state index in [2.05, 4.69) is 5.16 Å². The number of nitrogens with zero attached hydrogens (tertiary/aromatic N) is 2. The van der Waals surface area contributed by atoms with Crippen LogP contribution >= 0.6 is 11.6 Å². The Morgan fingerprint density at radius 2 is 1.76 bits per heavy atom. The van der Waals surface area contributed by atoms with Crippen molar-refractivity contribution in [2.75, 3.05) is 0 Å². The van der Waals surface area contributed by atoms with Crippen molar-refractivity contribution in [3.8, 4) is 0 Å². The summed E-state index contributed by atoms with van der Waals surface area (Å²) in [5.74, 6) is -2.24. The summed E-state index contributed by atoms with van der Waals surface area (Å²) in [6, 6.07) is 6.30. The summed E-state index contributed by atoms with van der Waals surface area (Å²) >= 11 is 5.94. The van der Waals surface area contributed by atoms with Crippen molar-refractivity contribution in [3.05, 3.63) is 34.9 Å². The minimum atomic E-state index is -0.999. The van der Waals surface area contributed by atoms with Crippen LogP contribution in [0.2, 0.25) is 5.02 Å². The highest BCUT2D eigenvalue weighted by Crippen LogP contribution is 2.61. The number of primary amides is 1. The summed E-state index contributed by atoms with van der Waals surface area (Å²) in [7, 11) is 0. The van der Waals surface area contributed by atoms with Crippen molar-refractivity contribution >= 4 is 35.2 Å². The number of carbonyl (C=O) groups is 3. The molecule has 2 aliphatic heterocycles. The molecule has 6 unspecified atom stereocenters. The molecule has 6 atom stereocenters. The average molecular weight is 360 g/mol. The van der Waals surface area contributed by atoms with Gasteiger partial charge in [0.2, 0.25) is 11.8 Å². The van der Waals surface area contributed by atoms with Crippen LogP contribution in [0, 0.1) is 29.6 Å².